The van der Waals surface area contributed by atoms with E-state index in [9.17, 15) is 4.79 Å². The average Bonchev–Trinajstić information content (AvgIpc) is 3.05. The molecule has 6 nitrogen and oxygen atoms in total. The van der Waals surface area contributed by atoms with Crippen LogP contribution in [0, 0.1) is 5.92 Å². The summed E-state index contributed by atoms with van der Waals surface area (Å²) < 4.78 is 6.12. The standard InChI is InChI=1S/C37H46N4O2/c38-32(28-43-36-23-9-22-35-34(36)21-10-24-39-35)27-41-25-11-18-31(26-41)37(42)40-33(19-7-16-29-12-3-1-4-13-29)20-8-17-30-14-5-2-6-15-30/h1-6,9-10,12-15,21-24,31-33H,7-8,11,16-20,25-28,38H2,(H,40,42)/t31?,32-/m1/s1. The molecular formula is C37H46N4O2. The van der Waals surface area contributed by atoms with Gasteiger partial charge in [-0.25, -0.2) is 0 Å². The van der Waals surface area contributed by atoms with Gasteiger partial charge in [0.15, 0.2) is 0 Å². The summed E-state index contributed by atoms with van der Waals surface area (Å²) in [6.07, 6.45) is 9.94. The molecule has 2 heterocycles. The van der Waals surface area contributed by atoms with Crippen molar-refractivity contribution in [2.24, 2.45) is 11.7 Å². The van der Waals surface area contributed by atoms with E-state index in [1.807, 2.05) is 30.3 Å². The molecular weight excluding hydrogens is 532 g/mol. The largest absolute Gasteiger partial charge is 0.491 e. The minimum Gasteiger partial charge on any atom is -0.491 e. The molecule has 5 rings (SSSR count). The summed E-state index contributed by atoms with van der Waals surface area (Å²) >= 11 is 0. The van der Waals surface area contributed by atoms with Crippen LogP contribution in [0.3, 0.4) is 0 Å². The number of piperidine rings is 1. The van der Waals surface area contributed by atoms with Gasteiger partial charge in [-0.1, -0.05) is 66.7 Å². The van der Waals surface area contributed by atoms with E-state index >= 15 is 0 Å². The molecule has 1 unspecified atom stereocenters. The van der Waals surface area contributed by atoms with E-state index < -0.39 is 0 Å². The van der Waals surface area contributed by atoms with Gasteiger partial charge < -0.3 is 20.7 Å². The zero-order chi connectivity index (χ0) is 29.7. The average molecular weight is 579 g/mol. The molecule has 1 fully saturated rings. The second-order valence-electron chi connectivity index (χ2n) is 12.0. The van der Waals surface area contributed by atoms with Crippen molar-refractivity contribution in [1.29, 1.82) is 0 Å². The van der Waals surface area contributed by atoms with Crippen LogP contribution in [-0.4, -0.2) is 54.1 Å². The van der Waals surface area contributed by atoms with Crippen molar-refractivity contribution in [1.82, 2.24) is 15.2 Å². The molecule has 0 bridgehead atoms. The maximum Gasteiger partial charge on any atom is 0.224 e. The van der Waals surface area contributed by atoms with Crippen LogP contribution in [0.4, 0.5) is 0 Å². The van der Waals surface area contributed by atoms with Gasteiger partial charge in [-0.05, 0) is 93.3 Å². The van der Waals surface area contributed by atoms with Crippen LogP contribution < -0.4 is 15.8 Å². The summed E-state index contributed by atoms with van der Waals surface area (Å²) in [5.41, 5.74) is 10.2. The zero-order valence-electron chi connectivity index (χ0n) is 25.2. The molecule has 1 saturated heterocycles. The first-order valence-corrected chi connectivity index (χ1v) is 16.0. The molecule has 0 aliphatic carbocycles. The second kappa shape index (κ2) is 16.2. The molecule has 4 aromatic rings. The van der Waals surface area contributed by atoms with Gasteiger partial charge in [0.2, 0.25) is 5.91 Å². The SMILES string of the molecule is N[C@@H](COc1cccc2ncccc12)CN1CCCC(C(=O)NC(CCCc2ccccc2)CCCc2ccccc2)C1. The number of aromatic nitrogens is 1. The number of fused-ring (bicyclic) bond motifs is 1. The van der Waals surface area contributed by atoms with Crippen LogP contribution in [0.15, 0.2) is 97.2 Å². The number of benzene rings is 3. The Hall–Kier alpha value is -3.74. The van der Waals surface area contributed by atoms with E-state index in [4.69, 9.17) is 10.5 Å². The molecule has 1 amide bonds. The van der Waals surface area contributed by atoms with E-state index in [0.29, 0.717) is 13.2 Å². The highest BCUT2D eigenvalue weighted by atomic mass is 16.5. The number of pyridine rings is 1. The van der Waals surface area contributed by atoms with E-state index in [0.717, 1.165) is 81.1 Å². The molecule has 0 spiro atoms. The monoisotopic (exact) mass is 578 g/mol. The molecule has 0 radical (unpaired) electrons. The number of likely N-dealkylation sites (tertiary alicyclic amines) is 1. The van der Waals surface area contributed by atoms with E-state index in [-0.39, 0.29) is 23.9 Å². The lowest BCUT2D eigenvalue weighted by Crippen LogP contribution is -2.49. The Morgan fingerprint density at radius 1 is 0.907 bits per heavy atom. The minimum absolute atomic E-state index is 0.00300. The van der Waals surface area contributed by atoms with Crippen LogP contribution in [0.1, 0.15) is 49.7 Å². The number of hydrogen-bond donors (Lipinski definition) is 2. The molecule has 1 aromatic heterocycles. The number of nitrogens with two attached hydrogens (primary N) is 1. The van der Waals surface area contributed by atoms with Gasteiger partial charge in [0.05, 0.1) is 17.5 Å². The number of amides is 1. The van der Waals surface area contributed by atoms with Crippen molar-refractivity contribution in [3.8, 4) is 5.75 Å². The Kier molecular flexibility index (Phi) is 11.6. The highest BCUT2D eigenvalue weighted by molar-refractivity contribution is 5.84. The van der Waals surface area contributed by atoms with Crippen molar-refractivity contribution in [2.45, 2.75) is 63.5 Å². The van der Waals surface area contributed by atoms with Gasteiger partial charge in [0.25, 0.3) is 0 Å². The fourth-order valence-corrected chi connectivity index (χ4v) is 6.22. The van der Waals surface area contributed by atoms with Crippen LogP contribution in [-0.2, 0) is 17.6 Å². The third-order valence-corrected chi connectivity index (χ3v) is 8.50. The summed E-state index contributed by atoms with van der Waals surface area (Å²) in [7, 11) is 0. The number of aryl methyl sites for hydroxylation is 2. The van der Waals surface area contributed by atoms with Crippen LogP contribution in [0.5, 0.6) is 5.75 Å². The van der Waals surface area contributed by atoms with Gasteiger partial charge in [-0.2, -0.15) is 0 Å². The fourth-order valence-electron chi connectivity index (χ4n) is 6.22. The van der Waals surface area contributed by atoms with Crippen LogP contribution in [0.25, 0.3) is 10.9 Å². The van der Waals surface area contributed by atoms with Gasteiger partial charge in [0, 0.05) is 30.7 Å². The lowest BCUT2D eigenvalue weighted by atomic mass is 9.94. The Labute approximate surface area is 256 Å². The number of hydrogen-bond acceptors (Lipinski definition) is 5. The highest BCUT2D eigenvalue weighted by Crippen LogP contribution is 2.24. The normalized spacial score (nSPS) is 16.3. The maximum atomic E-state index is 13.5. The molecule has 3 aromatic carbocycles. The molecule has 3 N–H and O–H groups in total. The Morgan fingerprint density at radius 2 is 1.60 bits per heavy atom. The number of carbonyl (C=O) groups is 1. The third-order valence-electron chi connectivity index (χ3n) is 8.50. The van der Waals surface area contributed by atoms with Gasteiger partial charge in [-0.3, -0.25) is 9.78 Å². The summed E-state index contributed by atoms with van der Waals surface area (Å²) in [6, 6.07) is 31.2. The lowest BCUT2D eigenvalue weighted by Gasteiger charge is -2.34. The van der Waals surface area contributed by atoms with Crippen molar-refractivity contribution in [3.05, 3.63) is 108 Å². The smallest absolute Gasteiger partial charge is 0.224 e. The summed E-state index contributed by atoms with van der Waals surface area (Å²) in [4.78, 5) is 20.3. The lowest BCUT2D eigenvalue weighted by molar-refractivity contribution is -0.127. The minimum atomic E-state index is -0.141. The first-order valence-electron chi connectivity index (χ1n) is 16.0. The highest BCUT2D eigenvalue weighted by Gasteiger charge is 2.28. The Morgan fingerprint density at radius 3 is 2.30 bits per heavy atom. The predicted molar refractivity (Wildman–Crippen MR) is 175 cm³/mol. The van der Waals surface area contributed by atoms with Crippen LogP contribution >= 0.6 is 0 Å². The number of ether oxygens (including phenoxy) is 1. The molecule has 43 heavy (non-hydrogen) atoms. The van der Waals surface area contributed by atoms with Crippen molar-refractivity contribution in [3.63, 3.8) is 0 Å². The topological polar surface area (TPSA) is 80.5 Å². The van der Waals surface area contributed by atoms with E-state index in [2.05, 4.69) is 75.9 Å². The molecule has 2 atom stereocenters. The van der Waals surface area contributed by atoms with E-state index in [1.165, 1.54) is 11.1 Å². The quantitative estimate of drug-likeness (QED) is 0.176. The third kappa shape index (κ3) is 9.63. The zero-order valence-corrected chi connectivity index (χ0v) is 25.2. The van der Waals surface area contributed by atoms with Crippen molar-refractivity contribution in [2.75, 3.05) is 26.2 Å². The summed E-state index contributed by atoms with van der Waals surface area (Å²) in [6.45, 7) is 2.85. The molecule has 0 saturated carbocycles. The molecule has 6 heteroatoms. The number of carbonyl (C=O) groups excluding carboxylic acids is 1. The molecule has 226 valence electrons. The second-order valence-corrected chi connectivity index (χ2v) is 12.0. The Balaban J connectivity index is 1.10. The predicted octanol–water partition coefficient (Wildman–Crippen LogP) is 6.18. The number of rotatable bonds is 15. The first-order chi connectivity index (χ1) is 21.1. The van der Waals surface area contributed by atoms with Crippen molar-refractivity contribution < 1.29 is 9.53 Å². The first kappa shape index (κ1) is 30.7. The van der Waals surface area contributed by atoms with Gasteiger partial charge in [-0.15, -0.1) is 0 Å². The number of nitrogens with zero attached hydrogens (tertiary/aromatic N) is 2. The van der Waals surface area contributed by atoms with Gasteiger partial charge in [0.1, 0.15) is 12.4 Å². The fraction of sp³-hybridized carbons (Fsp3) is 0.405. The van der Waals surface area contributed by atoms with Crippen molar-refractivity contribution >= 4 is 16.8 Å². The Bertz CT molecular complexity index is 1350. The van der Waals surface area contributed by atoms with Gasteiger partial charge >= 0.3 is 0 Å². The van der Waals surface area contributed by atoms with E-state index in [1.54, 1.807) is 6.20 Å². The maximum absolute atomic E-state index is 13.5. The number of nitrogens with one attached hydrogen (secondary N) is 1. The summed E-state index contributed by atoms with van der Waals surface area (Å²) in [5.74, 6) is 1.00. The van der Waals surface area contributed by atoms with Crippen LogP contribution in [0.2, 0.25) is 0 Å². The molecule has 1 aliphatic heterocycles. The molecule has 1 aliphatic rings. The summed E-state index contributed by atoms with van der Waals surface area (Å²) in [5, 5.41) is 4.46.